The van der Waals surface area contributed by atoms with E-state index in [4.69, 9.17) is 4.12 Å². The predicted octanol–water partition coefficient (Wildman–Crippen LogP) is 2.88. The van der Waals surface area contributed by atoms with Gasteiger partial charge in [-0.15, -0.1) is 0 Å². The molecule has 0 radical (unpaired) electrons. The molecular weight excluding hydrogens is 216 g/mol. The Balaban J connectivity index is 2.85. The van der Waals surface area contributed by atoms with Gasteiger partial charge in [0.2, 0.25) is 0 Å². The SMILES string of the molecule is CC(C)[SiH](O[Si](C)(C)C)c1ccccc1. The molecule has 15 heavy (non-hydrogen) atoms. The zero-order valence-corrected chi connectivity index (χ0v) is 12.6. The van der Waals surface area contributed by atoms with E-state index in [1.807, 2.05) is 0 Å². The Morgan fingerprint density at radius 1 is 1.07 bits per heavy atom. The van der Waals surface area contributed by atoms with E-state index in [-0.39, 0.29) is 0 Å². The topological polar surface area (TPSA) is 9.23 Å². The third-order valence-electron chi connectivity index (χ3n) is 2.21. The van der Waals surface area contributed by atoms with E-state index in [0.29, 0.717) is 5.54 Å². The van der Waals surface area contributed by atoms with Crippen LogP contribution in [0.3, 0.4) is 0 Å². The number of benzene rings is 1. The van der Waals surface area contributed by atoms with Crippen LogP contribution in [0.4, 0.5) is 0 Å². The van der Waals surface area contributed by atoms with Crippen LogP contribution in [0.25, 0.3) is 0 Å². The molecule has 0 aliphatic rings. The van der Waals surface area contributed by atoms with Crippen molar-refractivity contribution in [1.29, 1.82) is 0 Å². The maximum absolute atomic E-state index is 6.36. The lowest BCUT2D eigenvalue weighted by Gasteiger charge is -2.28. The van der Waals surface area contributed by atoms with Crippen molar-refractivity contribution in [2.24, 2.45) is 0 Å². The average Bonchev–Trinajstić information content (AvgIpc) is 2.14. The predicted molar refractivity (Wildman–Crippen MR) is 72.8 cm³/mol. The molecule has 0 fully saturated rings. The third-order valence-corrected chi connectivity index (χ3v) is 8.31. The molecule has 0 N–H and O–H groups in total. The van der Waals surface area contributed by atoms with Gasteiger partial charge in [0.1, 0.15) is 0 Å². The second-order valence-electron chi connectivity index (χ2n) is 5.31. The van der Waals surface area contributed by atoms with Crippen molar-refractivity contribution in [3.8, 4) is 0 Å². The maximum atomic E-state index is 6.36. The molecule has 0 saturated heterocycles. The second kappa shape index (κ2) is 5.10. The van der Waals surface area contributed by atoms with Gasteiger partial charge >= 0.3 is 0 Å². The van der Waals surface area contributed by atoms with Crippen LogP contribution in [-0.2, 0) is 4.12 Å². The number of hydrogen-bond acceptors (Lipinski definition) is 1. The van der Waals surface area contributed by atoms with Crippen LogP contribution in [0.5, 0.6) is 0 Å². The molecule has 1 aromatic carbocycles. The highest BCUT2D eigenvalue weighted by molar-refractivity contribution is 6.82. The lowest BCUT2D eigenvalue weighted by Crippen LogP contribution is -2.44. The van der Waals surface area contributed by atoms with Crippen molar-refractivity contribution in [2.75, 3.05) is 0 Å². The highest BCUT2D eigenvalue weighted by atomic mass is 28.4. The van der Waals surface area contributed by atoms with Crippen molar-refractivity contribution in [3.05, 3.63) is 30.3 Å². The van der Waals surface area contributed by atoms with Gasteiger partial charge in [0, 0.05) is 0 Å². The summed E-state index contributed by atoms with van der Waals surface area (Å²) < 4.78 is 6.36. The summed E-state index contributed by atoms with van der Waals surface area (Å²) in [6.07, 6.45) is 0. The van der Waals surface area contributed by atoms with Crippen LogP contribution in [0.1, 0.15) is 13.8 Å². The van der Waals surface area contributed by atoms with Gasteiger partial charge in [-0.1, -0.05) is 44.2 Å². The second-order valence-corrected chi connectivity index (χ2v) is 13.3. The quantitative estimate of drug-likeness (QED) is 0.733. The number of hydrogen-bond donors (Lipinski definition) is 0. The first-order valence-electron chi connectivity index (χ1n) is 5.63. The van der Waals surface area contributed by atoms with Gasteiger partial charge in [0.05, 0.1) is 0 Å². The van der Waals surface area contributed by atoms with E-state index in [1.54, 1.807) is 0 Å². The van der Waals surface area contributed by atoms with E-state index >= 15 is 0 Å². The smallest absolute Gasteiger partial charge is 0.198 e. The van der Waals surface area contributed by atoms with Gasteiger partial charge in [-0.2, -0.15) is 0 Å². The van der Waals surface area contributed by atoms with Gasteiger partial charge in [-0.3, -0.25) is 0 Å². The van der Waals surface area contributed by atoms with Crippen LogP contribution in [0, 0.1) is 0 Å². The monoisotopic (exact) mass is 238 g/mol. The van der Waals surface area contributed by atoms with Crippen molar-refractivity contribution < 1.29 is 4.12 Å². The van der Waals surface area contributed by atoms with Gasteiger partial charge in [0.15, 0.2) is 17.4 Å². The summed E-state index contributed by atoms with van der Waals surface area (Å²) in [5.41, 5.74) is 0.666. The van der Waals surface area contributed by atoms with Gasteiger partial charge in [-0.25, -0.2) is 0 Å². The summed E-state index contributed by atoms with van der Waals surface area (Å²) in [6.45, 7) is 11.4. The molecule has 0 aliphatic heterocycles. The zero-order valence-electron chi connectivity index (χ0n) is 10.4. The van der Waals surface area contributed by atoms with Crippen LogP contribution >= 0.6 is 0 Å². The molecule has 0 saturated carbocycles. The molecule has 0 spiro atoms. The molecule has 84 valence electrons. The summed E-state index contributed by atoms with van der Waals surface area (Å²) in [7, 11) is -2.63. The maximum Gasteiger partial charge on any atom is 0.198 e. The Kier molecular flexibility index (Phi) is 4.31. The summed E-state index contributed by atoms with van der Waals surface area (Å²) in [6, 6.07) is 10.7. The number of rotatable bonds is 4. The van der Waals surface area contributed by atoms with Crippen LogP contribution < -0.4 is 5.19 Å². The summed E-state index contributed by atoms with van der Waals surface area (Å²) in [4.78, 5) is 0. The molecule has 3 heteroatoms. The normalized spacial score (nSPS) is 14.3. The van der Waals surface area contributed by atoms with Gasteiger partial charge in [0.25, 0.3) is 0 Å². The van der Waals surface area contributed by atoms with E-state index < -0.39 is 17.4 Å². The fourth-order valence-corrected chi connectivity index (χ4v) is 7.66. The van der Waals surface area contributed by atoms with E-state index in [2.05, 4.69) is 63.8 Å². The van der Waals surface area contributed by atoms with Crippen molar-refractivity contribution in [3.63, 3.8) is 0 Å². The first-order valence-corrected chi connectivity index (χ1v) is 10.8. The molecule has 1 nitrogen and oxygen atoms in total. The Hall–Kier alpha value is -0.386. The highest BCUT2D eigenvalue weighted by Crippen LogP contribution is 2.14. The first kappa shape index (κ1) is 12.7. The average molecular weight is 238 g/mol. The van der Waals surface area contributed by atoms with Gasteiger partial charge in [-0.05, 0) is 30.4 Å². The molecule has 0 aliphatic carbocycles. The van der Waals surface area contributed by atoms with Crippen molar-refractivity contribution >= 4 is 22.5 Å². The minimum Gasteiger partial charge on any atom is -0.454 e. The molecule has 1 rings (SSSR count). The summed E-state index contributed by atoms with van der Waals surface area (Å²) in [5.74, 6) is 0. The summed E-state index contributed by atoms with van der Waals surface area (Å²) in [5, 5.41) is 1.44. The van der Waals surface area contributed by atoms with Crippen molar-refractivity contribution in [2.45, 2.75) is 39.0 Å². The van der Waals surface area contributed by atoms with Crippen LogP contribution in [-0.4, -0.2) is 17.4 Å². The minimum atomic E-state index is -1.40. The highest BCUT2D eigenvalue weighted by Gasteiger charge is 2.26. The van der Waals surface area contributed by atoms with Gasteiger partial charge < -0.3 is 4.12 Å². The lowest BCUT2D eigenvalue weighted by molar-refractivity contribution is 0.567. The molecular formula is C12H22OSi2. The van der Waals surface area contributed by atoms with Crippen LogP contribution in [0.2, 0.25) is 25.2 Å². The first-order chi connectivity index (χ1) is 6.90. The Bertz CT molecular complexity index is 290. The zero-order chi connectivity index (χ0) is 11.5. The molecule has 1 aromatic rings. The molecule has 0 heterocycles. The molecule has 0 aromatic heterocycles. The van der Waals surface area contributed by atoms with E-state index in [9.17, 15) is 0 Å². The molecule has 1 atom stereocenters. The van der Waals surface area contributed by atoms with E-state index in [1.165, 1.54) is 5.19 Å². The third kappa shape index (κ3) is 4.32. The van der Waals surface area contributed by atoms with Crippen LogP contribution in [0.15, 0.2) is 30.3 Å². The largest absolute Gasteiger partial charge is 0.454 e. The Labute approximate surface area is 96.3 Å². The van der Waals surface area contributed by atoms with E-state index in [0.717, 1.165) is 0 Å². The Morgan fingerprint density at radius 3 is 2.00 bits per heavy atom. The fourth-order valence-electron chi connectivity index (χ4n) is 1.61. The molecule has 0 bridgehead atoms. The lowest BCUT2D eigenvalue weighted by atomic mass is 10.4. The fraction of sp³-hybridized carbons (Fsp3) is 0.500. The minimum absolute atomic E-state index is 0.666. The Morgan fingerprint density at radius 2 is 1.60 bits per heavy atom. The molecule has 0 amide bonds. The van der Waals surface area contributed by atoms with Crippen molar-refractivity contribution in [1.82, 2.24) is 0 Å². The molecule has 1 unspecified atom stereocenters. The summed E-state index contributed by atoms with van der Waals surface area (Å²) >= 11 is 0. The standard InChI is InChI=1S/C12H22OSi2/c1-11(2)14(13-15(3,4)5)12-9-7-6-8-10-12/h6-11,14H,1-5H3.